The Hall–Kier alpha value is -3.11. The van der Waals surface area contributed by atoms with Crippen molar-refractivity contribution in [3.8, 4) is 17.1 Å². The Morgan fingerprint density at radius 1 is 1.30 bits per heavy atom. The summed E-state index contributed by atoms with van der Waals surface area (Å²) in [6.45, 7) is 0. The molecule has 1 atom stereocenters. The van der Waals surface area contributed by atoms with Crippen molar-refractivity contribution < 1.29 is 14.1 Å². The fourth-order valence-electron chi connectivity index (χ4n) is 3.05. The molecule has 156 valence electrons. The monoisotopic (exact) mass is 426 g/mol. The van der Waals surface area contributed by atoms with Gasteiger partial charge in [-0.1, -0.05) is 6.07 Å². The molecule has 2 N–H and O–H groups in total. The molecule has 1 amide bonds. The Morgan fingerprint density at radius 2 is 2.10 bits per heavy atom. The van der Waals surface area contributed by atoms with Crippen molar-refractivity contribution in [2.45, 2.75) is 17.7 Å². The lowest BCUT2D eigenvalue weighted by Gasteiger charge is -2.17. The average Bonchev–Trinajstić information content (AvgIpc) is 3.49. The largest absolute Gasteiger partial charge is 0.612 e. The number of methoxy groups -OCH3 is 1. The van der Waals surface area contributed by atoms with E-state index in [0.717, 1.165) is 18.4 Å². The first-order chi connectivity index (χ1) is 14.5. The molecule has 4 rings (SSSR count). The second-order valence-corrected chi connectivity index (χ2v) is 8.38. The molecule has 1 saturated carbocycles. The highest BCUT2D eigenvalue weighted by Crippen LogP contribution is 2.38. The summed E-state index contributed by atoms with van der Waals surface area (Å²) >= 11 is -1.28. The standard InChI is InChI=1S/C20H22N6O3S/c1-26-11-22-19(25-26)13-5-4-6-14(18(13)29-2)23-15-9-17(21-10-16(15)30(3)28)24-20(27)12-7-8-12/h4-6,9-12H,7-8H2,1-3H3,(H2,21,23,24,27). The lowest BCUT2D eigenvalue weighted by molar-refractivity contribution is -0.117. The number of hydrogen-bond donors (Lipinski definition) is 2. The molecular weight excluding hydrogens is 404 g/mol. The van der Waals surface area contributed by atoms with E-state index in [-0.39, 0.29) is 11.8 Å². The van der Waals surface area contributed by atoms with Crippen LogP contribution in [0, 0.1) is 5.92 Å². The molecule has 1 aromatic carbocycles. The van der Waals surface area contributed by atoms with Crippen LogP contribution in [0.3, 0.4) is 0 Å². The van der Waals surface area contributed by atoms with Crippen LogP contribution in [0.1, 0.15) is 12.8 Å². The maximum Gasteiger partial charge on any atom is 0.228 e. The Labute approximate surface area is 177 Å². The molecule has 1 aliphatic carbocycles. The molecule has 2 heterocycles. The molecule has 1 fully saturated rings. The summed E-state index contributed by atoms with van der Waals surface area (Å²) in [5.41, 5.74) is 1.94. The van der Waals surface area contributed by atoms with Gasteiger partial charge in [0.15, 0.2) is 16.5 Å². The summed E-state index contributed by atoms with van der Waals surface area (Å²) < 4.78 is 19.5. The van der Waals surface area contributed by atoms with Crippen LogP contribution in [0.4, 0.5) is 17.2 Å². The van der Waals surface area contributed by atoms with Crippen LogP contribution in [-0.2, 0) is 23.0 Å². The summed E-state index contributed by atoms with van der Waals surface area (Å²) in [5, 5.41) is 10.4. The van der Waals surface area contributed by atoms with E-state index in [9.17, 15) is 9.35 Å². The lowest BCUT2D eigenvalue weighted by atomic mass is 10.1. The first kappa shape index (κ1) is 20.2. The molecular formula is C20H22N6O3S. The van der Waals surface area contributed by atoms with Gasteiger partial charge in [-0.15, -0.1) is 0 Å². The van der Waals surface area contributed by atoms with Crippen molar-refractivity contribution in [3.05, 3.63) is 36.8 Å². The predicted octanol–water partition coefficient (Wildman–Crippen LogP) is 2.72. The molecule has 9 nitrogen and oxygen atoms in total. The van der Waals surface area contributed by atoms with E-state index in [1.165, 1.54) is 6.20 Å². The van der Waals surface area contributed by atoms with Gasteiger partial charge in [0.25, 0.3) is 0 Å². The molecule has 0 aliphatic heterocycles. The highest BCUT2D eigenvalue weighted by molar-refractivity contribution is 7.90. The number of aromatic nitrogens is 4. The summed E-state index contributed by atoms with van der Waals surface area (Å²) in [7, 11) is 3.36. The van der Waals surface area contributed by atoms with Gasteiger partial charge in [0.1, 0.15) is 18.4 Å². The molecule has 2 aromatic heterocycles. The number of rotatable bonds is 7. The molecule has 0 spiro atoms. The number of hydrogen-bond acceptors (Lipinski definition) is 7. The predicted molar refractivity (Wildman–Crippen MR) is 114 cm³/mol. The van der Waals surface area contributed by atoms with Gasteiger partial charge in [-0.3, -0.25) is 9.48 Å². The van der Waals surface area contributed by atoms with E-state index >= 15 is 0 Å². The van der Waals surface area contributed by atoms with Crippen LogP contribution >= 0.6 is 0 Å². The van der Waals surface area contributed by atoms with Crippen molar-refractivity contribution >= 4 is 34.3 Å². The first-order valence-electron chi connectivity index (χ1n) is 9.40. The second kappa shape index (κ2) is 8.33. The minimum absolute atomic E-state index is 0.0420. The van der Waals surface area contributed by atoms with Crippen LogP contribution in [0.25, 0.3) is 11.4 Å². The van der Waals surface area contributed by atoms with Crippen LogP contribution in [0.2, 0.25) is 0 Å². The third kappa shape index (κ3) is 4.24. The van der Waals surface area contributed by atoms with Gasteiger partial charge in [-0.25, -0.2) is 9.97 Å². The maximum atomic E-state index is 12.2. The van der Waals surface area contributed by atoms with Gasteiger partial charge in [0.05, 0.1) is 30.2 Å². The number of benzene rings is 1. The molecule has 10 heteroatoms. The van der Waals surface area contributed by atoms with Crippen molar-refractivity contribution in [3.63, 3.8) is 0 Å². The minimum Gasteiger partial charge on any atom is -0.612 e. The zero-order chi connectivity index (χ0) is 21.3. The Bertz CT molecular complexity index is 1080. The van der Waals surface area contributed by atoms with E-state index in [2.05, 4.69) is 25.7 Å². The molecule has 0 saturated heterocycles. The summed E-state index contributed by atoms with van der Waals surface area (Å²) in [4.78, 5) is 21.2. The second-order valence-electron chi connectivity index (χ2n) is 7.04. The number of carbonyl (C=O) groups excluding carboxylic acids is 1. The van der Waals surface area contributed by atoms with Gasteiger partial charge >= 0.3 is 0 Å². The third-order valence-electron chi connectivity index (χ3n) is 4.71. The van der Waals surface area contributed by atoms with E-state index in [1.807, 2.05) is 18.2 Å². The quantitative estimate of drug-likeness (QED) is 0.558. The molecule has 3 aromatic rings. The summed E-state index contributed by atoms with van der Waals surface area (Å²) in [6, 6.07) is 7.25. The topological polar surface area (TPSA) is 117 Å². The number of amides is 1. The lowest BCUT2D eigenvalue weighted by Crippen LogP contribution is -2.15. The maximum absolute atomic E-state index is 12.2. The highest BCUT2D eigenvalue weighted by Gasteiger charge is 2.30. The van der Waals surface area contributed by atoms with Crippen molar-refractivity contribution in [1.29, 1.82) is 0 Å². The average molecular weight is 427 g/mol. The zero-order valence-electron chi connectivity index (χ0n) is 16.9. The van der Waals surface area contributed by atoms with Gasteiger partial charge in [0, 0.05) is 19.0 Å². The molecule has 1 unspecified atom stereocenters. The van der Waals surface area contributed by atoms with Gasteiger partial charge in [-0.2, -0.15) is 5.10 Å². The number of carbonyl (C=O) groups is 1. The smallest absolute Gasteiger partial charge is 0.228 e. The minimum atomic E-state index is -1.28. The fourth-order valence-corrected chi connectivity index (χ4v) is 3.67. The summed E-state index contributed by atoms with van der Waals surface area (Å²) in [6.07, 6.45) is 6.51. The Kier molecular flexibility index (Phi) is 5.60. The molecule has 0 bridgehead atoms. The van der Waals surface area contributed by atoms with Crippen LogP contribution < -0.4 is 15.4 Å². The SMILES string of the molecule is COc1c(Nc2cc(NC(=O)C3CC3)ncc2[S+](C)[O-])cccc1-c1ncn(C)n1. The van der Waals surface area contributed by atoms with E-state index in [0.29, 0.717) is 33.7 Å². The number of anilines is 3. The Balaban J connectivity index is 1.69. The third-order valence-corrected chi connectivity index (χ3v) is 5.65. The van der Waals surface area contributed by atoms with Crippen molar-refractivity contribution in [2.75, 3.05) is 24.0 Å². The fraction of sp³-hybridized carbons (Fsp3) is 0.300. The van der Waals surface area contributed by atoms with Crippen LogP contribution in [-0.4, -0.2) is 43.6 Å². The number of ether oxygens (including phenoxy) is 1. The van der Waals surface area contributed by atoms with Crippen molar-refractivity contribution in [1.82, 2.24) is 19.7 Å². The van der Waals surface area contributed by atoms with Crippen LogP contribution in [0.15, 0.2) is 41.7 Å². The van der Waals surface area contributed by atoms with E-state index in [1.54, 1.807) is 37.5 Å². The normalized spacial score (nSPS) is 14.3. The summed E-state index contributed by atoms with van der Waals surface area (Å²) in [5.74, 6) is 1.51. The number of para-hydroxylation sites is 1. The number of nitrogens with one attached hydrogen (secondary N) is 2. The molecule has 0 radical (unpaired) electrons. The number of pyridine rings is 1. The number of nitrogens with zero attached hydrogens (tertiary/aromatic N) is 4. The van der Waals surface area contributed by atoms with E-state index in [4.69, 9.17) is 4.74 Å². The van der Waals surface area contributed by atoms with E-state index < -0.39 is 11.2 Å². The zero-order valence-corrected chi connectivity index (χ0v) is 17.7. The highest BCUT2D eigenvalue weighted by atomic mass is 32.2. The molecule has 30 heavy (non-hydrogen) atoms. The van der Waals surface area contributed by atoms with Crippen LogP contribution in [0.5, 0.6) is 5.75 Å². The Morgan fingerprint density at radius 3 is 2.73 bits per heavy atom. The number of aryl methyl sites for hydroxylation is 1. The molecule has 1 aliphatic rings. The van der Waals surface area contributed by atoms with Gasteiger partial charge in [-0.05, 0) is 36.2 Å². The van der Waals surface area contributed by atoms with Gasteiger partial charge in [0.2, 0.25) is 5.91 Å². The van der Waals surface area contributed by atoms with Gasteiger partial charge < -0.3 is 19.9 Å². The van der Waals surface area contributed by atoms with Crippen molar-refractivity contribution in [2.24, 2.45) is 13.0 Å². The first-order valence-corrected chi connectivity index (χ1v) is 11.0.